The molecule has 0 atom stereocenters. The third-order valence-electron chi connectivity index (χ3n) is 3.90. The average molecular weight is 293 g/mol. The Labute approximate surface area is 125 Å². The minimum atomic E-state index is -0.487. The van der Waals surface area contributed by atoms with Crippen molar-refractivity contribution in [3.05, 3.63) is 39.9 Å². The van der Waals surface area contributed by atoms with Crippen LogP contribution in [-0.4, -0.2) is 16.5 Å². The van der Waals surface area contributed by atoms with Gasteiger partial charge in [-0.1, -0.05) is 27.2 Å². The van der Waals surface area contributed by atoms with Crippen LogP contribution in [0.25, 0.3) is 0 Å². The van der Waals surface area contributed by atoms with Crippen molar-refractivity contribution in [2.75, 3.05) is 0 Å². The number of nitro groups is 1. The largest absolute Gasteiger partial charge is 0.456 e. The molecule has 0 N–H and O–H groups in total. The van der Waals surface area contributed by atoms with Crippen molar-refractivity contribution in [3.63, 3.8) is 0 Å². The fraction of sp³-hybridized carbons (Fsp3) is 0.562. The highest BCUT2D eigenvalue weighted by Crippen LogP contribution is 2.28. The summed E-state index contributed by atoms with van der Waals surface area (Å²) >= 11 is 0. The number of hydrogen-bond acceptors (Lipinski definition) is 4. The van der Waals surface area contributed by atoms with Gasteiger partial charge in [-0.2, -0.15) is 0 Å². The molecule has 0 radical (unpaired) electrons. The Morgan fingerprint density at radius 3 is 2.19 bits per heavy atom. The van der Waals surface area contributed by atoms with E-state index >= 15 is 0 Å². The molecule has 0 bridgehead atoms. The third kappa shape index (κ3) is 4.55. The van der Waals surface area contributed by atoms with Crippen molar-refractivity contribution in [1.29, 1.82) is 0 Å². The van der Waals surface area contributed by atoms with Crippen molar-refractivity contribution >= 4 is 11.7 Å². The Hall–Kier alpha value is -1.91. The lowest BCUT2D eigenvalue weighted by atomic mass is 9.90. The van der Waals surface area contributed by atoms with Crippen LogP contribution < -0.4 is 0 Å². The number of ether oxygens (including phenoxy) is 1. The first-order valence-corrected chi connectivity index (χ1v) is 7.45. The van der Waals surface area contributed by atoms with Crippen LogP contribution in [0.4, 0.5) is 5.69 Å². The van der Waals surface area contributed by atoms with Crippen LogP contribution in [-0.2, 0) is 4.74 Å². The zero-order valence-electron chi connectivity index (χ0n) is 12.9. The second kappa shape index (κ2) is 7.76. The van der Waals surface area contributed by atoms with Gasteiger partial charge in [-0.15, -0.1) is 0 Å². The van der Waals surface area contributed by atoms with E-state index in [0.29, 0.717) is 5.56 Å². The molecule has 0 unspecified atom stereocenters. The summed E-state index contributed by atoms with van der Waals surface area (Å²) in [6.45, 7) is 6.14. The van der Waals surface area contributed by atoms with Gasteiger partial charge in [0.05, 0.1) is 10.5 Å². The highest BCUT2D eigenvalue weighted by molar-refractivity contribution is 5.89. The quantitative estimate of drug-likeness (QED) is 0.402. The molecule has 1 rings (SSSR count). The number of esters is 1. The Kier molecular flexibility index (Phi) is 6.34. The number of carbonyl (C=O) groups is 1. The summed E-state index contributed by atoms with van der Waals surface area (Å²) in [5.41, 5.74) is -0.118. The second-order valence-electron chi connectivity index (χ2n) is 5.19. The molecule has 0 aromatic heterocycles. The number of rotatable bonds is 8. The van der Waals surface area contributed by atoms with Crippen molar-refractivity contribution in [2.24, 2.45) is 0 Å². The Balaban J connectivity index is 2.83. The number of nitrogens with zero attached hydrogens (tertiary/aromatic N) is 1. The van der Waals surface area contributed by atoms with Crippen LogP contribution in [0.15, 0.2) is 24.3 Å². The van der Waals surface area contributed by atoms with Gasteiger partial charge in [-0.25, -0.2) is 4.79 Å². The van der Waals surface area contributed by atoms with Crippen molar-refractivity contribution in [2.45, 2.75) is 58.5 Å². The van der Waals surface area contributed by atoms with E-state index in [1.807, 2.05) is 13.8 Å². The number of non-ortho nitro benzene ring substituents is 1. The zero-order chi connectivity index (χ0) is 15.9. The minimum absolute atomic E-state index is 0.0326. The lowest BCUT2D eigenvalue weighted by Gasteiger charge is -2.31. The summed E-state index contributed by atoms with van der Waals surface area (Å²) in [6.07, 6.45) is 4.44. The maximum absolute atomic E-state index is 12.2. The number of hydrogen-bond donors (Lipinski definition) is 0. The highest BCUT2D eigenvalue weighted by atomic mass is 16.6. The molecule has 1 aromatic rings. The number of carbonyl (C=O) groups excluding carboxylic acids is 1. The first-order chi connectivity index (χ1) is 9.98. The van der Waals surface area contributed by atoms with Crippen molar-refractivity contribution < 1.29 is 14.5 Å². The standard InChI is InChI=1S/C16H23NO4/c1-4-7-12-16(5-2,6-3)21-15(18)13-8-10-14(11-9-13)17(19)20/h8-11H,4-7,12H2,1-3H3. The average Bonchev–Trinajstić information content (AvgIpc) is 2.51. The molecule has 116 valence electrons. The molecular weight excluding hydrogens is 270 g/mol. The summed E-state index contributed by atoms with van der Waals surface area (Å²) in [4.78, 5) is 22.4. The molecule has 0 saturated heterocycles. The summed E-state index contributed by atoms with van der Waals surface area (Å²) in [5.74, 6) is -0.412. The summed E-state index contributed by atoms with van der Waals surface area (Å²) < 4.78 is 5.72. The van der Waals surface area contributed by atoms with E-state index in [2.05, 4.69) is 6.92 Å². The fourth-order valence-electron chi connectivity index (χ4n) is 2.27. The van der Waals surface area contributed by atoms with E-state index in [4.69, 9.17) is 4.74 Å². The lowest BCUT2D eigenvalue weighted by Crippen LogP contribution is -2.34. The first kappa shape index (κ1) is 17.1. The molecule has 21 heavy (non-hydrogen) atoms. The molecule has 5 nitrogen and oxygen atoms in total. The fourth-order valence-corrected chi connectivity index (χ4v) is 2.27. The molecule has 1 aromatic carbocycles. The van der Waals surface area contributed by atoms with Gasteiger partial charge in [0, 0.05) is 12.1 Å². The zero-order valence-corrected chi connectivity index (χ0v) is 12.9. The topological polar surface area (TPSA) is 69.4 Å². The van der Waals surface area contributed by atoms with E-state index in [9.17, 15) is 14.9 Å². The molecule has 5 heteroatoms. The van der Waals surface area contributed by atoms with Gasteiger partial charge in [0.25, 0.3) is 5.69 Å². The number of benzene rings is 1. The molecule has 0 fully saturated rings. The molecule has 0 spiro atoms. The van der Waals surface area contributed by atoms with Gasteiger partial charge >= 0.3 is 5.97 Å². The van der Waals surface area contributed by atoms with E-state index in [1.54, 1.807) is 0 Å². The summed E-state index contributed by atoms with van der Waals surface area (Å²) in [7, 11) is 0. The molecule has 0 amide bonds. The van der Waals surface area contributed by atoms with Crippen LogP contribution in [0, 0.1) is 10.1 Å². The second-order valence-corrected chi connectivity index (χ2v) is 5.19. The summed E-state index contributed by atoms with van der Waals surface area (Å²) in [5, 5.41) is 10.6. The molecule has 0 aliphatic rings. The van der Waals surface area contributed by atoms with Gasteiger partial charge < -0.3 is 4.74 Å². The smallest absolute Gasteiger partial charge is 0.338 e. The monoisotopic (exact) mass is 293 g/mol. The highest BCUT2D eigenvalue weighted by Gasteiger charge is 2.30. The van der Waals surface area contributed by atoms with Gasteiger partial charge in [0.15, 0.2) is 0 Å². The number of nitro benzene ring substituents is 1. The Bertz CT molecular complexity index is 478. The van der Waals surface area contributed by atoms with E-state index in [0.717, 1.165) is 32.1 Å². The Morgan fingerprint density at radius 1 is 1.19 bits per heavy atom. The summed E-state index contributed by atoms with van der Waals surface area (Å²) in [6, 6.07) is 5.52. The van der Waals surface area contributed by atoms with E-state index < -0.39 is 16.5 Å². The molecular formula is C16H23NO4. The molecule has 0 aliphatic heterocycles. The van der Waals surface area contributed by atoms with Crippen LogP contribution in [0.3, 0.4) is 0 Å². The molecule has 0 aliphatic carbocycles. The first-order valence-electron chi connectivity index (χ1n) is 7.45. The van der Waals surface area contributed by atoms with Crippen molar-refractivity contribution in [1.82, 2.24) is 0 Å². The normalized spacial score (nSPS) is 11.2. The predicted octanol–water partition coefficient (Wildman–Crippen LogP) is 4.50. The number of unbranched alkanes of at least 4 members (excludes halogenated alkanes) is 1. The SMILES string of the molecule is CCCCC(CC)(CC)OC(=O)c1ccc([N+](=O)[O-])cc1. The molecule has 0 heterocycles. The maximum Gasteiger partial charge on any atom is 0.338 e. The minimum Gasteiger partial charge on any atom is -0.456 e. The molecule has 0 saturated carbocycles. The van der Waals surface area contributed by atoms with Crippen LogP contribution in [0.1, 0.15) is 63.2 Å². The van der Waals surface area contributed by atoms with Gasteiger partial charge in [-0.3, -0.25) is 10.1 Å². The van der Waals surface area contributed by atoms with Crippen LogP contribution in [0.5, 0.6) is 0 Å². The van der Waals surface area contributed by atoms with Crippen molar-refractivity contribution in [3.8, 4) is 0 Å². The van der Waals surface area contributed by atoms with E-state index in [1.165, 1.54) is 24.3 Å². The Morgan fingerprint density at radius 2 is 1.76 bits per heavy atom. The predicted molar refractivity (Wildman–Crippen MR) is 81.3 cm³/mol. The third-order valence-corrected chi connectivity index (χ3v) is 3.90. The van der Waals surface area contributed by atoms with Gasteiger partial charge in [-0.05, 0) is 37.8 Å². The van der Waals surface area contributed by atoms with Crippen LogP contribution >= 0.6 is 0 Å². The maximum atomic E-state index is 12.2. The van der Waals surface area contributed by atoms with Gasteiger partial charge in [0.1, 0.15) is 5.60 Å². The van der Waals surface area contributed by atoms with E-state index in [-0.39, 0.29) is 5.69 Å². The van der Waals surface area contributed by atoms with Crippen LogP contribution in [0.2, 0.25) is 0 Å². The lowest BCUT2D eigenvalue weighted by molar-refractivity contribution is -0.384. The van der Waals surface area contributed by atoms with Gasteiger partial charge in [0.2, 0.25) is 0 Å².